The van der Waals surface area contributed by atoms with Crippen molar-refractivity contribution in [3.05, 3.63) is 133 Å². The maximum atomic E-state index is 5.24. The van der Waals surface area contributed by atoms with Gasteiger partial charge in [0.2, 0.25) is 0 Å². The summed E-state index contributed by atoms with van der Waals surface area (Å²) in [6, 6.07) is 28.9. The molecule has 2 aliphatic rings. The Labute approximate surface area is 298 Å². The van der Waals surface area contributed by atoms with Crippen molar-refractivity contribution < 1.29 is 0 Å². The highest BCUT2D eigenvalue weighted by Crippen LogP contribution is 2.41. The Hall–Kier alpha value is -7.01. The van der Waals surface area contributed by atoms with Crippen LogP contribution in [-0.4, -0.2) is 56.4 Å². The SMILES string of the molecule is Cc1ccnc2nc(-c3cc(-c4nc5c(n4-c4ccccc4)N=CCN5)cc(-c4nc5nccnc5n4-c4ccccc4)c3)n(C3C=CC=CC3)c12. The van der Waals surface area contributed by atoms with E-state index in [-0.39, 0.29) is 6.04 Å². The van der Waals surface area contributed by atoms with Crippen LogP contribution in [-0.2, 0) is 0 Å². The van der Waals surface area contributed by atoms with Crippen molar-refractivity contribution in [1.29, 1.82) is 0 Å². The monoisotopic (exact) mass is 677 g/mol. The number of allylic oxidation sites excluding steroid dienone is 4. The first-order valence-electron chi connectivity index (χ1n) is 17.2. The summed E-state index contributed by atoms with van der Waals surface area (Å²) in [5.41, 5.74) is 8.57. The molecule has 1 aliphatic heterocycles. The number of benzene rings is 3. The van der Waals surface area contributed by atoms with Gasteiger partial charge in [-0.1, -0.05) is 60.7 Å². The summed E-state index contributed by atoms with van der Waals surface area (Å²) >= 11 is 0. The number of aromatic nitrogens is 9. The number of rotatable bonds is 6. The highest BCUT2D eigenvalue weighted by atomic mass is 15.2. The highest BCUT2D eigenvalue weighted by molar-refractivity contribution is 5.87. The molecule has 11 heteroatoms. The second-order valence-corrected chi connectivity index (χ2v) is 12.8. The maximum absolute atomic E-state index is 5.24. The predicted molar refractivity (Wildman–Crippen MR) is 204 cm³/mol. The second-order valence-electron chi connectivity index (χ2n) is 12.8. The fourth-order valence-corrected chi connectivity index (χ4v) is 7.24. The van der Waals surface area contributed by atoms with Crippen molar-refractivity contribution in [2.45, 2.75) is 19.4 Å². The molecule has 1 N–H and O–H groups in total. The minimum atomic E-state index is 0.0551. The van der Waals surface area contributed by atoms with Crippen molar-refractivity contribution >= 4 is 40.3 Å². The van der Waals surface area contributed by atoms with Gasteiger partial charge in [0.05, 0.1) is 18.1 Å². The van der Waals surface area contributed by atoms with Crippen LogP contribution in [0.3, 0.4) is 0 Å². The van der Waals surface area contributed by atoms with Crippen molar-refractivity contribution in [3.8, 4) is 45.5 Å². The normalized spacial score (nSPS) is 15.0. The summed E-state index contributed by atoms with van der Waals surface area (Å²) in [4.78, 5) is 34.4. The third-order valence-corrected chi connectivity index (χ3v) is 9.54. The number of para-hydroxylation sites is 2. The molecule has 0 radical (unpaired) electrons. The highest BCUT2D eigenvalue weighted by Gasteiger charge is 2.26. The first kappa shape index (κ1) is 29.9. The molecule has 1 unspecified atom stereocenters. The van der Waals surface area contributed by atoms with E-state index in [0.29, 0.717) is 29.3 Å². The van der Waals surface area contributed by atoms with Crippen molar-refractivity contribution in [2.75, 3.05) is 11.9 Å². The van der Waals surface area contributed by atoms with Crippen LogP contribution < -0.4 is 5.32 Å². The number of nitrogens with zero attached hydrogens (tertiary/aromatic N) is 10. The molecule has 8 aromatic rings. The Bertz CT molecular complexity index is 2730. The van der Waals surface area contributed by atoms with Crippen LogP contribution in [0.5, 0.6) is 0 Å². The quantitative estimate of drug-likeness (QED) is 0.188. The van der Waals surface area contributed by atoms with Gasteiger partial charge in [-0.25, -0.2) is 34.9 Å². The van der Waals surface area contributed by atoms with Gasteiger partial charge in [-0.05, 0) is 67.4 Å². The molecule has 11 nitrogen and oxygen atoms in total. The molecule has 0 saturated heterocycles. The van der Waals surface area contributed by atoms with Crippen molar-refractivity contribution in [2.24, 2.45) is 4.99 Å². The fraction of sp³-hybridized carbons (Fsp3) is 0.0976. The Morgan fingerprint density at radius 1 is 0.673 bits per heavy atom. The van der Waals surface area contributed by atoms with Gasteiger partial charge in [0, 0.05) is 52.9 Å². The number of aryl methyl sites for hydroxylation is 1. The summed E-state index contributed by atoms with van der Waals surface area (Å²) in [7, 11) is 0. The fourth-order valence-electron chi connectivity index (χ4n) is 7.24. The topological polar surface area (TPSA) is 117 Å². The summed E-state index contributed by atoms with van der Waals surface area (Å²) in [5.74, 6) is 3.72. The Kier molecular flexibility index (Phi) is 6.95. The minimum Gasteiger partial charge on any atom is -0.362 e. The predicted octanol–water partition coefficient (Wildman–Crippen LogP) is 8.24. The number of nitrogens with one attached hydrogen (secondary N) is 1. The maximum Gasteiger partial charge on any atom is 0.198 e. The van der Waals surface area contributed by atoms with E-state index < -0.39 is 0 Å². The van der Waals surface area contributed by atoms with Gasteiger partial charge in [0.1, 0.15) is 17.5 Å². The average Bonchev–Trinajstić information content (AvgIpc) is 3.91. The number of anilines is 1. The van der Waals surface area contributed by atoms with Crippen molar-refractivity contribution in [1.82, 2.24) is 43.6 Å². The number of hydrogen-bond donors (Lipinski definition) is 1. The molecule has 0 amide bonds. The minimum absolute atomic E-state index is 0.0551. The molecule has 250 valence electrons. The number of aliphatic imine (C=N–C) groups is 1. The molecule has 0 spiro atoms. The van der Waals surface area contributed by atoms with Crippen LogP contribution >= 0.6 is 0 Å². The lowest BCUT2D eigenvalue weighted by Gasteiger charge is -2.20. The molecule has 1 aliphatic carbocycles. The zero-order valence-electron chi connectivity index (χ0n) is 28.2. The van der Waals surface area contributed by atoms with Gasteiger partial charge in [0.15, 0.2) is 28.6 Å². The smallest absolute Gasteiger partial charge is 0.198 e. The molecular formula is C41H31N11. The van der Waals surface area contributed by atoms with Crippen LogP contribution in [0.1, 0.15) is 18.0 Å². The molecule has 10 rings (SSSR count). The summed E-state index contributed by atoms with van der Waals surface area (Å²) in [6.45, 7) is 2.72. The van der Waals surface area contributed by atoms with E-state index >= 15 is 0 Å². The van der Waals surface area contributed by atoms with E-state index in [1.54, 1.807) is 12.4 Å². The molecular weight excluding hydrogens is 647 g/mol. The van der Waals surface area contributed by atoms with Gasteiger partial charge in [-0.15, -0.1) is 0 Å². The summed E-state index contributed by atoms with van der Waals surface area (Å²) in [5, 5.41) is 3.43. The van der Waals surface area contributed by atoms with Crippen LogP contribution in [0.2, 0.25) is 0 Å². The standard InChI is InChI=1S/C41H31N11/c1-26-17-18-42-34-33(26)50(30-11-5-2-6-12-30)37(47-34)27-23-28(38-48-35-40(45-21-19-43-35)51(38)31-13-7-3-8-14-31)25-29(24-27)39-49-36-41(46-22-20-44-36)52(39)32-15-9-4-10-16-32/h2-11,13-19,21-25,30,44H,12,20H2,1H3. The molecule has 0 saturated carbocycles. The molecule has 52 heavy (non-hydrogen) atoms. The van der Waals surface area contributed by atoms with E-state index in [1.165, 1.54) is 0 Å². The van der Waals surface area contributed by atoms with Crippen LogP contribution in [0, 0.1) is 6.92 Å². The Morgan fingerprint density at radius 2 is 1.35 bits per heavy atom. The molecule has 0 bridgehead atoms. The van der Waals surface area contributed by atoms with Crippen LogP contribution in [0.15, 0.2) is 133 Å². The van der Waals surface area contributed by atoms with Gasteiger partial charge >= 0.3 is 0 Å². The largest absolute Gasteiger partial charge is 0.362 e. The van der Waals surface area contributed by atoms with Crippen LogP contribution in [0.25, 0.3) is 68.0 Å². The summed E-state index contributed by atoms with van der Waals surface area (Å²) in [6.07, 6.45) is 16.5. The van der Waals surface area contributed by atoms with E-state index in [0.717, 1.165) is 68.9 Å². The van der Waals surface area contributed by atoms with E-state index in [9.17, 15) is 0 Å². The zero-order chi connectivity index (χ0) is 34.6. The molecule has 6 heterocycles. The van der Waals surface area contributed by atoms with Gasteiger partial charge in [0.25, 0.3) is 0 Å². The van der Waals surface area contributed by atoms with Crippen molar-refractivity contribution in [3.63, 3.8) is 0 Å². The van der Waals surface area contributed by atoms with Gasteiger partial charge in [-0.2, -0.15) is 0 Å². The van der Waals surface area contributed by atoms with Gasteiger partial charge in [-0.3, -0.25) is 9.13 Å². The first-order valence-corrected chi connectivity index (χ1v) is 17.2. The second kappa shape index (κ2) is 12.1. The Morgan fingerprint density at radius 3 is 2.10 bits per heavy atom. The van der Waals surface area contributed by atoms with Crippen LogP contribution in [0.4, 0.5) is 11.6 Å². The molecule has 1 atom stereocenters. The Balaban J connectivity index is 1.30. The lowest BCUT2D eigenvalue weighted by atomic mass is 10.0. The van der Waals surface area contributed by atoms with E-state index in [1.807, 2.05) is 54.9 Å². The number of pyridine rings is 1. The molecule has 3 aromatic carbocycles. The third-order valence-electron chi connectivity index (χ3n) is 9.54. The zero-order valence-corrected chi connectivity index (χ0v) is 28.2. The summed E-state index contributed by atoms with van der Waals surface area (Å²) < 4.78 is 6.49. The van der Waals surface area contributed by atoms with E-state index in [2.05, 4.69) is 97.7 Å². The molecule has 5 aromatic heterocycles. The number of imidazole rings is 3. The molecule has 0 fully saturated rings. The number of fused-ring (bicyclic) bond motifs is 3. The third kappa shape index (κ3) is 4.85. The lowest BCUT2D eigenvalue weighted by molar-refractivity contribution is 0.630. The first-order chi connectivity index (χ1) is 25.7. The number of hydrogen-bond acceptors (Lipinski definition) is 8. The van der Waals surface area contributed by atoms with Gasteiger partial charge < -0.3 is 9.88 Å². The average molecular weight is 678 g/mol. The lowest BCUT2D eigenvalue weighted by Crippen LogP contribution is -2.10. The van der Waals surface area contributed by atoms with E-state index in [4.69, 9.17) is 29.9 Å².